The van der Waals surface area contributed by atoms with Gasteiger partial charge in [0.25, 0.3) is 5.91 Å². The molecule has 8 nitrogen and oxygen atoms in total. The summed E-state index contributed by atoms with van der Waals surface area (Å²) in [7, 11) is 3.14. The Morgan fingerprint density at radius 1 is 0.973 bits per heavy atom. The summed E-state index contributed by atoms with van der Waals surface area (Å²) in [5, 5.41) is 11.6. The summed E-state index contributed by atoms with van der Waals surface area (Å²) in [4.78, 5) is 29.2. The molecule has 0 spiro atoms. The van der Waals surface area contributed by atoms with Gasteiger partial charge in [-0.15, -0.1) is 0 Å². The third-order valence-corrected chi connectivity index (χ3v) is 7.27. The van der Waals surface area contributed by atoms with Gasteiger partial charge in [-0.2, -0.15) is 0 Å². The number of hydrogen-bond acceptors (Lipinski definition) is 5. The van der Waals surface area contributed by atoms with Crippen LogP contribution < -0.4 is 24.6 Å². The first-order valence-corrected chi connectivity index (χ1v) is 12.4. The number of rotatable bonds is 5. The molecule has 2 atom stereocenters. The van der Waals surface area contributed by atoms with Crippen molar-refractivity contribution in [2.75, 3.05) is 35.9 Å². The number of ether oxygens (including phenoxy) is 2. The van der Waals surface area contributed by atoms with Crippen LogP contribution in [0.1, 0.15) is 47.3 Å². The molecule has 0 fully saturated rings. The molecule has 2 unspecified atom stereocenters. The van der Waals surface area contributed by atoms with Gasteiger partial charge in [0, 0.05) is 35.2 Å². The molecular formula is C29H31N3O5. The fourth-order valence-corrected chi connectivity index (χ4v) is 5.65. The maximum absolute atomic E-state index is 13.8. The zero-order valence-corrected chi connectivity index (χ0v) is 21.2. The van der Waals surface area contributed by atoms with E-state index in [2.05, 4.69) is 23.2 Å². The maximum Gasteiger partial charge on any atom is 0.409 e. The number of para-hydroxylation sites is 1. The van der Waals surface area contributed by atoms with Crippen LogP contribution in [-0.2, 0) is 6.42 Å². The normalized spacial score (nSPS) is 18.5. The molecule has 0 bridgehead atoms. The fraction of sp³-hybridized carbons (Fsp3) is 0.310. The number of aryl methyl sites for hydroxylation is 1. The molecule has 0 radical (unpaired) electrons. The van der Waals surface area contributed by atoms with Gasteiger partial charge in [-0.3, -0.25) is 10.1 Å². The second-order valence-corrected chi connectivity index (χ2v) is 9.47. The van der Waals surface area contributed by atoms with Crippen LogP contribution in [0.4, 0.5) is 21.9 Å². The average molecular weight is 502 g/mol. The van der Waals surface area contributed by atoms with Crippen molar-refractivity contribution < 1.29 is 24.2 Å². The Kier molecular flexibility index (Phi) is 6.65. The molecule has 0 saturated heterocycles. The quantitative estimate of drug-likeness (QED) is 0.464. The van der Waals surface area contributed by atoms with Crippen molar-refractivity contribution in [3.05, 3.63) is 77.4 Å². The van der Waals surface area contributed by atoms with Gasteiger partial charge < -0.3 is 24.4 Å². The van der Waals surface area contributed by atoms with Crippen molar-refractivity contribution in [1.82, 2.24) is 0 Å². The largest absolute Gasteiger partial charge is 0.493 e. The van der Waals surface area contributed by atoms with Crippen molar-refractivity contribution in [2.45, 2.75) is 38.3 Å². The summed E-state index contributed by atoms with van der Waals surface area (Å²) in [5.74, 6) is 1.02. The van der Waals surface area contributed by atoms with Crippen molar-refractivity contribution in [3.63, 3.8) is 0 Å². The number of nitrogens with zero attached hydrogens (tertiary/aromatic N) is 2. The summed E-state index contributed by atoms with van der Waals surface area (Å²) < 4.78 is 10.8. The van der Waals surface area contributed by atoms with E-state index in [9.17, 15) is 9.59 Å². The molecule has 192 valence electrons. The molecule has 0 saturated carbocycles. The number of methoxy groups -OCH3 is 2. The summed E-state index contributed by atoms with van der Waals surface area (Å²) in [6, 6.07) is 19.2. The van der Waals surface area contributed by atoms with Crippen LogP contribution in [-0.4, -0.2) is 43.9 Å². The molecule has 8 heteroatoms. The Balaban J connectivity index is 1.50. The van der Waals surface area contributed by atoms with Crippen LogP contribution >= 0.6 is 0 Å². The number of carboxylic acid groups (broad SMARTS) is 1. The summed E-state index contributed by atoms with van der Waals surface area (Å²) in [5.41, 5.74) is 5.38. The number of anilines is 3. The lowest BCUT2D eigenvalue weighted by Crippen LogP contribution is -2.47. The third-order valence-electron chi connectivity index (χ3n) is 7.27. The number of carbonyl (C=O) groups is 2. The van der Waals surface area contributed by atoms with Gasteiger partial charge in [0.05, 0.1) is 20.3 Å². The van der Waals surface area contributed by atoms with Gasteiger partial charge in [0.15, 0.2) is 11.5 Å². The van der Waals surface area contributed by atoms with Crippen molar-refractivity contribution in [2.24, 2.45) is 0 Å². The molecule has 0 aromatic heterocycles. The van der Waals surface area contributed by atoms with Crippen LogP contribution in [0.3, 0.4) is 0 Å². The SMILES string of the molecule is COc1ccc(C(=O)N2c3ccccc3C(N3CCCc4cc(NC(=O)O)ccc43)CC2C)cc1OC. The lowest BCUT2D eigenvalue weighted by atomic mass is 9.87. The Labute approximate surface area is 216 Å². The molecule has 5 rings (SSSR count). The van der Waals surface area contributed by atoms with Crippen molar-refractivity contribution in [3.8, 4) is 11.5 Å². The summed E-state index contributed by atoms with van der Waals surface area (Å²) in [6.07, 6.45) is 1.58. The zero-order valence-electron chi connectivity index (χ0n) is 21.2. The minimum atomic E-state index is -1.07. The highest BCUT2D eigenvalue weighted by Crippen LogP contribution is 2.45. The van der Waals surface area contributed by atoms with Crippen LogP contribution in [0, 0.1) is 0 Å². The minimum Gasteiger partial charge on any atom is -0.493 e. The molecule has 2 aliphatic rings. The standard InChI is InChI=1S/C29H31N3O5/c1-18-15-25(31-14-6-7-19-16-21(30-29(34)35)11-12-23(19)31)22-8-4-5-9-24(22)32(18)28(33)20-10-13-26(36-2)27(17-20)37-3/h4-5,8-13,16-18,25,30H,6-7,14-15H2,1-3H3,(H,34,35). The molecule has 37 heavy (non-hydrogen) atoms. The van der Waals surface area contributed by atoms with Gasteiger partial charge in [-0.25, -0.2) is 4.79 Å². The monoisotopic (exact) mass is 501 g/mol. The van der Waals surface area contributed by atoms with Gasteiger partial charge in [0.1, 0.15) is 0 Å². The van der Waals surface area contributed by atoms with E-state index in [1.165, 1.54) is 0 Å². The van der Waals surface area contributed by atoms with E-state index in [4.69, 9.17) is 14.6 Å². The molecule has 0 aliphatic carbocycles. The van der Waals surface area contributed by atoms with Crippen LogP contribution in [0.5, 0.6) is 11.5 Å². The first-order chi connectivity index (χ1) is 17.9. The Morgan fingerprint density at radius 2 is 1.76 bits per heavy atom. The van der Waals surface area contributed by atoms with Gasteiger partial charge >= 0.3 is 6.09 Å². The average Bonchev–Trinajstić information content (AvgIpc) is 2.91. The Bertz CT molecular complexity index is 1340. The van der Waals surface area contributed by atoms with Gasteiger partial charge in [-0.05, 0) is 79.8 Å². The van der Waals surface area contributed by atoms with E-state index in [0.29, 0.717) is 22.7 Å². The van der Waals surface area contributed by atoms with E-state index in [-0.39, 0.29) is 18.0 Å². The van der Waals surface area contributed by atoms with Crippen LogP contribution in [0.25, 0.3) is 0 Å². The predicted octanol–water partition coefficient (Wildman–Crippen LogP) is 5.73. The van der Waals surface area contributed by atoms with Crippen LogP contribution in [0.15, 0.2) is 60.7 Å². The lowest BCUT2D eigenvalue weighted by molar-refractivity contribution is 0.0973. The number of fused-ring (bicyclic) bond motifs is 2. The first-order valence-electron chi connectivity index (χ1n) is 12.4. The molecule has 2 heterocycles. The molecule has 2 N–H and O–H groups in total. The molecule has 3 aromatic carbocycles. The molecular weight excluding hydrogens is 470 g/mol. The highest BCUT2D eigenvalue weighted by molar-refractivity contribution is 6.07. The van der Waals surface area contributed by atoms with E-state index in [1.807, 2.05) is 41.3 Å². The number of carbonyl (C=O) groups excluding carboxylic acids is 1. The second-order valence-electron chi connectivity index (χ2n) is 9.47. The predicted molar refractivity (Wildman–Crippen MR) is 143 cm³/mol. The minimum absolute atomic E-state index is 0.0428. The lowest BCUT2D eigenvalue weighted by Gasteiger charge is -2.46. The topological polar surface area (TPSA) is 91.3 Å². The number of nitrogens with one attached hydrogen (secondary N) is 1. The van der Waals surface area contributed by atoms with E-state index >= 15 is 0 Å². The smallest absolute Gasteiger partial charge is 0.409 e. The van der Waals surface area contributed by atoms with Gasteiger partial charge in [-0.1, -0.05) is 18.2 Å². The van der Waals surface area contributed by atoms with E-state index in [0.717, 1.165) is 48.3 Å². The third kappa shape index (κ3) is 4.55. The van der Waals surface area contributed by atoms with E-state index < -0.39 is 6.09 Å². The maximum atomic E-state index is 13.8. The fourth-order valence-electron chi connectivity index (χ4n) is 5.65. The Hall–Kier alpha value is -4.20. The van der Waals surface area contributed by atoms with Crippen molar-refractivity contribution >= 4 is 29.1 Å². The number of hydrogen-bond donors (Lipinski definition) is 2. The number of amides is 2. The summed E-state index contributed by atoms with van der Waals surface area (Å²) in [6.45, 7) is 2.99. The molecule has 3 aromatic rings. The van der Waals surface area contributed by atoms with Gasteiger partial charge in [0.2, 0.25) is 0 Å². The van der Waals surface area contributed by atoms with Crippen LogP contribution in [0.2, 0.25) is 0 Å². The summed E-state index contributed by atoms with van der Waals surface area (Å²) >= 11 is 0. The molecule has 2 aliphatic heterocycles. The van der Waals surface area contributed by atoms with Crippen molar-refractivity contribution in [1.29, 1.82) is 0 Å². The highest BCUT2D eigenvalue weighted by atomic mass is 16.5. The van der Waals surface area contributed by atoms with E-state index in [1.54, 1.807) is 32.4 Å². The Morgan fingerprint density at radius 3 is 2.51 bits per heavy atom. The first kappa shape index (κ1) is 24.5. The molecule has 2 amide bonds. The zero-order chi connectivity index (χ0) is 26.1. The highest BCUT2D eigenvalue weighted by Gasteiger charge is 2.38. The second kappa shape index (κ2) is 10.0. The number of benzene rings is 3.